The van der Waals surface area contributed by atoms with Crippen LogP contribution in [0.2, 0.25) is 0 Å². The first-order chi connectivity index (χ1) is 15.1. The van der Waals surface area contributed by atoms with Gasteiger partial charge in [-0.05, 0) is 69.4 Å². The van der Waals surface area contributed by atoms with Crippen LogP contribution in [0, 0.1) is 0 Å². The van der Waals surface area contributed by atoms with Gasteiger partial charge in [0.25, 0.3) is 5.91 Å². The number of aryl methyl sites for hydroxylation is 1. The average Bonchev–Trinajstić information content (AvgIpc) is 3.13. The lowest BCUT2D eigenvalue weighted by atomic mass is 10.1. The van der Waals surface area contributed by atoms with Gasteiger partial charge < -0.3 is 15.4 Å². The van der Waals surface area contributed by atoms with E-state index in [2.05, 4.69) is 45.6 Å². The van der Waals surface area contributed by atoms with Gasteiger partial charge in [-0.2, -0.15) is 0 Å². The Bertz CT molecular complexity index is 1080. The van der Waals surface area contributed by atoms with Crippen molar-refractivity contribution in [3.05, 3.63) is 98.9 Å². The number of anilines is 1. The van der Waals surface area contributed by atoms with Crippen molar-refractivity contribution in [1.82, 2.24) is 5.32 Å². The predicted octanol–water partition coefficient (Wildman–Crippen LogP) is 6.19. The lowest BCUT2D eigenvalue weighted by molar-refractivity contribution is -0.116. The van der Waals surface area contributed by atoms with Gasteiger partial charge in [0.05, 0.1) is 9.38 Å². The summed E-state index contributed by atoms with van der Waals surface area (Å²) in [7, 11) is 0. The van der Waals surface area contributed by atoms with Gasteiger partial charge in [0.1, 0.15) is 12.4 Å². The van der Waals surface area contributed by atoms with Gasteiger partial charge in [0, 0.05) is 5.69 Å². The second-order valence-corrected chi connectivity index (χ2v) is 9.14. The molecule has 6 heteroatoms. The molecule has 1 heterocycles. The highest BCUT2D eigenvalue weighted by molar-refractivity contribution is 9.10. The molecule has 0 aliphatic carbocycles. The van der Waals surface area contributed by atoms with Crippen LogP contribution in [0.4, 0.5) is 5.69 Å². The van der Waals surface area contributed by atoms with Gasteiger partial charge in [-0.1, -0.05) is 67.2 Å². The fourth-order valence-corrected chi connectivity index (χ4v) is 4.66. The third-order valence-electron chi connectivity index (χ3n) is 4.88. The van der Waals surface area contributed by atoms with Gasteiger partial charge in [-0.25, -0.2) is 0 Å². The highest BCUT2D eigenvalue weighted by Crippen LogP contribution is 2.32. The van der Waals surface area contributed by atoms with E-state index in [1.165, 1.54) is 17.3 Å². The number of carbonyl (C=O) groups excluding carboxylic acids is 1. The molecule has 0 radical (unpaired) electrons. The molecule has 1 atom stereocenters. The third kappa shape index (κ3) is 5.71. The van der Waals surface area contributed by atoms with Crippen molar-refractivity contribution >= 4 is 45.4 Å². The summed E-state index contributed by atoms with van der Waals surface area (Å²) in [6.07, 6.45) is 2.90. The Morgan fingerprint density at radius 3 is 2.55 bits per heavy atom. The lowest BCUT2D eigenvalue weighted by Crippen LogP contribution is -2.30. The van der Waals surface area contributed by atoms with E-state index in [1.807, 2.05) is 66.7 Å². The summed E-state index contributed by atoms with van der Waals surface area (Å²) in [5, 5.41) is 6.33. The normalized spacial score (nSPS) is 16.9. The lowest BCUT2D eigenvalue weighted by Gasteiger charge is -2.12. The second kappa shape index (κ2) is 10.1. The number of thioether (sulfide) groups is 1. The number of halogens is 1. The summed E-state index contributed by atoms with van der Waals surface area (Å²) in [6, 6.07) is 24.2. The molecule has 4 rings (SSSR count). The van der Waals surface area contributed by atoms with E-state index in [9.17, 15) is 4.79 Å². The van der Waals surface area contributed by atoms with Crippen LogP contribution in [0.5, 0.6) is 5.75 Å². The van der Waals surface area contributed by atoms with Gasteiger partial charge in [-0.15, -0.1) is 0 Å². The molecule has 0 bridgehead atoms. The molecule has 3 aromatic carbocycles. The zero-order valence-electron chi connectivity index (χ0n) is 17.1. The average molecular weight is 495 g/mol. The van der Waals surface area contributed by atoms with Crippen molar-refractivity contribution in [1.29, 1.82) is 0 Å². The minimum Gasteiger partial charge on any atom is -0.488 e. The smallest absolute Gasteiger partial charge is 0.260 e. The number of amides is 1. The van der Waals surface area contributed by atoms with Crippen molar-refractivity contribution in [3.8, 4) is 5.75 Å². The number of benzene rings is 3. The molecular weight excluding hydrogens is 472 g/mol. The van der Waals surface area contributed by atoms with Crippen molar-refractivity contribution in [2.45, 2.75) is 25.4 Å². The second-order valence-electron chi connectivity index (χ2n) is 7.14. The fraction of sp³-hybridized carbons (Fsp3) is 0.160. The number of rotatable bonds is 7. The van der Waals surface area contributed by atoms with E-state index in [-0.39, 0.29) is 11.4 Å². The number of nitrogens with one attached hydrogen (secondary N) is 2. The molecule has 1 saturated heterocycles. The molecule has 3 aromatic rings. The van der Waals surface area contributed by atoms with Crippen LogP contribution < -0.4 is 15.4 Å². The monoisotopic (exact) mass is 494 g/mol. The van der Waals surface area contributed by atoms with Crippen LogP contribution >= 0.6 is 27.7 Å². The number of hydrogen-bond acceptors (Lipinski definition) is 4. The summed E-state index contributed by atoms with van der Waals surface area (Å²) < 4.78 is 6.76. The van der Waals surface area contributed by atoms with E-state index in [0.29, 0.717) is 11.5 Å². The van der Waals surface area contributed by atoms with Crippen molar-refractivity contribution < 1.29 is 9.53 Å². The molecule has 0 unspecified atom stereocenters. The van der Waals surface area contributed by atoms with Crippen molar-refractivity contribution in [3.63, 3.8) is 0 Å². The topological polar surface area (TPSA) is 50.4 Å². The van der Waals surface area contributed by atoms with Crippen LogP contribution in [-0.4, -0.2) is 11.4 Å². The maximum atomic E-state index is 12.4. The Labute approximate surface area is 195 Å². The maximum absolute atomic E-state index is 12.4. The molecule has 4 nitrogen and oxygen atoms in total. The quantitative estimate of drug-likeness (QED) is 0.384. The number of ether oxygens (including phenoxy) is 1. The first-order valence-electron chi connectivity index (χ1n) is 10.1. The molecule has 0 aromatic heterocycles. The van der Waals surface area contributed by atoms with E-state index in [4.69, 9.17) is 4.74 Å². The molecule has 1 aliphatic rings. The molecule has 0 saturated carbocycles. The molecule has 2 N–H and O–H groups in total. The van der Waals surface area contributed by atoms with Gasteiger partial charge >= 0.3 is 0 Å². The number of hydrogen-bond donors (Lipinski definition) is 2. The Morgan fingerprint density at radius 1 is 1.06 bits per heavy atom. The van der Waals surface area contributed by atoms with Gasteiger partial charge in [0.2, 0.25) is 0 Å². The van der Waals surface area contributed by atoms with Crippen LogP contribution in [0.1, 0.15) is 23.6 Å². The third-order valence-corrected chi connectivity index (χ3v) is 6.53. The van der Waals surface area contributed by atoms with Crippen LogP contribution in [0.15, 0.2) is 82.2 Å². The standard InChI is InChI=1S/C25H23BrN2O2S/c1-2-17-8-11-20(12-9-17)27-25-28-24(29)23(31-25)15-19-10-13-22(21(26)14-19)30-16-18-6-4-3-5-7-18/h3-15,25,27H,2,16H2,1H3,(H,28,29)/b23-15-/t25-/m0/s1. The zero-order valence-corrected chi connectivity index (χ0v) is 19.5. The Balaban J connectivity index is 1.39. The van der Waals surface area contributed by atoms with Gasteiger partial charge in [0.15, 0.2) is 5.50 Å². The molecule has 1 amide bonds. The SMILES string of the molecule is CCc1ccc(N[C@H]2NC(=O)/C(=C/c3ccc(OCc4ccccc4)c(Br)c3)S2)cc1. The highest BCUT2D eigenvalue weighted by Gasteiger charge is 2.27. The fourth-order valence-electron chi connectivity index (χ4n) is 3.16. The number of carbonyl (C=O) groups is 1. The first-order valence-corrected chi connectivity index (χ1v) is 11.8. The van der Waals surface area contributed by atoms with E-state index in [1.54, 1.807) is 0 Å². The van der Waals surface area contributed by atoms with Crippen LogP contribution in [0.25, 0.3) is 6.08 Å². The Hall–Kier alpha value is -2.70. The first kappa shape index (κ1) is 21.5. The summed E-state index contributed by atoms with van der Waals surface area (Å²) >= 11 is 5.06. The van der Waals surface area contributed by atoms with Gasteiger partial charge in [-0.3, -0.25) is 4.79 Å². The highest BCUT2D eigenvalue weighted by atomic mass is 79.9. The van der Waals surface area contributed by atoms with Crippen molar-refractivity contribution in [2.75, 3.05) is 5.32 Å². The zero-order chi connectivity index (χ0) is 21.6. The molecule has 158 valence electrons. The molecule has 1 aliphatic heterocycles. The maximum Gasteiger partial charge on any atom is 0.260 e. The minimum atomic E-state index is -0.192. The van der Waals surface area contributed by atoms with E-state index in [0.717, 1.165) is 33.5 Å². The molecule has 1 fully saturated rings. The van der Waals surface area contributed by atoms with Crippen LogP contribution in [-0.2, 0) is 17.8 Å². The largest absolute Gasteiger partial charge is 0.488 e. The van der Waals surface area contributed by atoms with Crippen LogP contribution in [0.3, 0.4) is 0 Å². The molecular formula is C25H23BrN2O2S. The summed E-state index contributed by atoms with van der Waals surface area (Å²) in [6.45, 7) is 2.64. The summed E-state index contributed by atoms with van der Waals surface area (Å²) in [5.41, 5.74) is 4.13. The minimum absolute atomic E-state index is 0.0757. The van der Waals surface area contributed by atoms with E-state index < -0.39 is 0 Å². The molecule has 0 spiro atoms. The van der Waals surface area contributed by atoms with Crippen molar-refractivity contribution in [2.24, 2.45) is 0 Å². The Morgan fingerprint density at radius 2 is 1.84 bits per heavy atom. The predicted molar refractivity (Wildman–Crippen MR) is 132 cm³/mol. The van der Waals surface area contributed by atoms with E-state index >= 15 is 0 Å². The summed E-state index contributed by atoms with van der Waals surface area (Å²) in [4.78, 5) is 13.1. The summed E-state index contributed by atoms with van der Waals surface area (Å²) in [5.74, 6) is 0.692. The molecule has 31 heavy (non-hydrogen) atoms. The Kier molecular flexibility index (Phi) is 6.99.